The zero-order valence-electron chi connectivity index (χ0n) is 8.94. The molecule has 0 aliphatic rings. The average Bonchev–Trinajstić information content (AvgIpc) is 2.95. The third-order valence-corrected chi connectivity index (χ3v) is 3.57. The Balaban J connectivity index is 2.10. The van der Waals surface area contributed by atoms with Crippen LogP contribution in [0.15, 0.2) is 54.4 Å². The van der Waals surface area contributed by atoms with Crippen LogP contribution in [0.1, 0.15) is 16.3 Å². The van der Waals surface area contributed by atoms with E-state index in [0.29, 0.717) is 10.3 Å². The molecule has 3 rings (SSSR count). The van der Waals surface area contributed by atoms with Crippen LogP contribution in [0.5, 0.6) is 0 Å². The minimum Gasteiger partial charge on any atom is -0.451 e. The molecule has 3 nitrogen and oxygen atoms in total. The predicted octanol–water partition coefficient (Wildman–Crippen LogP) is 4.78. The van der Waals surface area contributed by atoms with Crippen molar-refractivity contribution >= 4 is 48.6 Å². The first-order valence-electron chi connectivity index (χ1n) is 5.13. The van der Waals surface area contributed by atoms with Gasteiger partial charge in [-0.15, -0.1) is 0 Å². The van der Waals surface area contributed by atoms with Crippen LogP contribution in [0.25, 0.3) is 11.0 Å². The Morgan fingerprint density at radius 2 is 1.83 bits per heavy atom. The molecule has 0 saturated heterocycles. The summed E-state index contributed by atoms with van der Waals surface area (Å²) in [5, 5.41) is 0.873. The fourth-order valence-corrected chi connectivity index (χ4v) is 2.47. The van der Waals surface area contributed by atoms with Crippen molar-refractivity contribution in [1.29, 1.82) is 0 Å². The standard InChI is InChI=1S/C13H6Br2O3/c14-8-3-1-2-7-6-10(18-13(7)8)12(16)9-4-5-11(15)17-9/h1-6H. The number of fused-ring (bicyclic) bond motifs is 1. The maximum absolute atomic E-state index is 12.1. The van der Waals surface area contributed by atoms with E-state index in [4.69, 9.17) is 8.83 Å². The van der Waals surface area contributed by atoms with Crippen LogP contribution in [0, 0.1) is 0 Å². The van der Waals surface area contributed by atoms with Crippen LogP contribution in [-0.2, 0) is 0 Å². The van der Waals surface area contributed by atoms with Gasteiger partial charge in [-0.1, -0.05) is 12.1 Å². The number of hydrogen-bond acceptors (Lipinski definition) is 3. The molecule has 3 aromatic rings. The minimum atomic E-state index is -0.274. The number of halogens is 2. The highest BCUT2D eigenvalue weighted by Crippen LogP contribution is 2.28. The highest BCUT2D eigenvalue weighted by atomic mass is 79.9. The van der Waals surface area contributed by atoms with E-state index in [1.165, 1.54) is 0 Å². The number of rotatable bonds is 2. The summed E-state index contributed by atoms with van der Waals surface area (Å²) in [6.45, 7) is 0. The molecule has 0 atom stereocenters. The van der Waals surface area contributed by atoms with Gasteiger partial charge in [-0.2, -0.15) is 0 Å². The van der Waals surface area contributed by atoms with Gasteiger partial charge in [-0.05, 0) is 56.1 Å². The van der Waals surface area contributed by atoms with Crippen molar-refractivity contribution in [2.24, 2.45) is 0 Å². The van der Waals surface area contributed by atoms with Crippen LogP contribution in [0.3, 0.4) is 0 Å². The fraction of sp³-hybridized carbons (Fsp3) is 0. The van der Waals surface area contributed by atoms with Gasteiger partial charge in [-0.25, -0.2) is 0 Å². The van der Waals surface area contributed by atoms with Gasteiger partial charge < -0.3 is 8.83 Å². The predicted molar refractivity (Wildman–Crippen MR) is 73.8 cm³/mol. The summed E-state index contributed by atoms with van der Waals surface area (Å²) in [7, 11) is 0. The first kappa shape index (κ1) is 11.7. The van der Waals surface area contributed by atoms with Crippen molar-refractivity contribution in [1.82, 2.24) is 0 Å². The minimum absolute atomic E-state index is 0.247. The Morgan fingerprint density at radius 3 is 2.50 bits per heavy atom. The second-order valence-electron chi connectivity index (χ2n) is 3.70. The Bertz CT molecular complexity index is 740. The summed E-state index contributed by atoms with van der Waals surface area (Å²) in [4.78, 5) is 12.1. The number of carbonyl (C=O) groups excluding carboxylic acids is 1. The third kappa shape index (κ3) is 1.93. The van der Waals surface area contributed by atoms with Crippen molar-refractivity contribution in [2.45, 2.75) is 0 Å². The molecular weight excluding hydrogens is 364 g/mol. The molecule has 0 fully saturated rings. The molecule has 2 heterocycles. The summed E-state index contributed by atoms with van der Waals surface area (Å²) in [6, 6.07) is 10.6. The van der Waals surface area contributed by atoms with E-state index in [1.54, 1.807) is 18.2 Å². The highest BCUT2D eigenvalue weighted by Gasteiger charge is 2.18. The van der Waals surface area contributed by atoms with Gasteiger partial charge in [0.1, 0.15) is 5.58 Å². The first-order valence-corrected chi connectivity index (χ1v) is 6.72. The van der Waals surface area contributed by atoms with Gasteiger partial charge in [0.05, 0.1) is 4.47 Å². The third-order valence-electron chi connectivity index (χ3n) is 2.52. The molecule has 0 saturated carbocycles. The summed E-state index contributed by atoms with van der Waals surface area (Å²) in [5.74, 6) is 0.236. The summed E-state index contributed by atoms with van der Waals surface area (Å²) in [5.41, 5.74) is 0.659. The fourth-order valence-electron chi connectivity index (χ4n) is 1.70. The van der Waals surface area contributed by atoms with E-state index in [2.05, 4.69) is 31.9 Å². The van der Waals surface area contributed by atoms with E-state index in [-0.39, 0.29) is 17.3 Å². The van der Waals surface area contributed by atoms with E-state index in [0.717, 1.165) is 9.86 Å². The molecule has 18 heavy (non-hydrogen) atoms. The van der Waals surface area contributed by atoms with Crippen molar-refractivity contribution in [3.8, 4) is 0 Å². The van der Waals surface area contributed by atoms with Gasteiger partial charge in [-0.3, -0.25) is 4.79 Å². The number of furan rings is 2. The molecule has 0 aliphatic heterocycles. The van der Waals surface area contributed by atoms with E-state index < -0.39 is 0 Å². The molecule has 2 aromatic heterocycles. The largest absolute Gasteiger partial charge is 0.451 e. The maximum Gasteiger partial charge on any atom is 0.263 e. The lowest BCUT2D eigenvalue weighted by Gasteiger charge is -1.92. The van der Waals surface area contributed by atoms with Crippen molar-refractivity contribution in [2.75, 3.05) is 0 Å². The maximum atomic E-state index is 12.1. The summed E-state index contributed by atoms with van der Waals surface area (Å²) in [6.07, 6.45) is 0. The molecule has 1 aromatic carbocycles. The van der Waals surface area contributed by atoms with E-state index in [9.17, 15) is 4.79 Å². The molecule has 0 unspecified atom stereocenters. The normalized spacial score (nSPS) is 11.0. The van der Waals surface area contributed by atoms with Gasteiger partial charge in [0.2, 0.25) is 0 Å². The zero-order chi connectivity index (χ0) is 12.7. The SMILES string of the molecule is O=C(c1ccc(Br)o1)c1cc2cccc(Br)c2o1. The highest BCUT2D eigenvalue weighted by molar-refractivity contribution is 9.10. The van der Waals surface area contributed by atoms with Gasteiger partial charge in [0, 0.05) is 5.39 Å². The molecule has 0 spiro atoms. The summed E-state index contributed by atoms with van der Waals surface area (Å²) < 4.78 is 12.1. The molecule has 5 heteroatoms. The van der Waals surface area contributed by atoms with Crippen LogP contribution in [0.4, 0.5) is 0 Å². The van der Waals surface area contributed by atoms with E-state index in [1.807, 2.05) is 18.2 Å². The second-order valence-corrected chi connectivity index (χ2v) is 5.34. The summed E-state index contributed by atoms with van der Waals surface area (Å²) >= 11 is 6.55. The molecule has 0 bridgehead atoms. The smallest absolute Gasteiger partial charge is 0.263 e. The van der Waals surface area contributed by atoms with Crippen molar-refractivity contribution in [3.63, 3.8) is 0 Å². The molecule has 0 radical (unpaired) electrons. The van der Waals surface area contributed by atoms with Gasteiger partial charge in [0.15, 0.2) is 16.2 Å². The van der Waals surface area contributed by atoms with Crippen molar-refractivity contribution < 1.29 is 13.6 Å². The number of ketones is 1. The zero-order valence-corrected chi connectivity index (χ0v) is 12.1. The Hall–Kier alpha value is -1.33. The quantitative estimate of drug-likeness (QED) is 0.610. The first-order chi connectivity index (χ1) is 8.65. The molecule has 0 aliphatic carbocycles. The van der Waals surface area contributed by atoms with Crippen LogP contribution >= 0.6 is 31.9 Å². The lowest BCUT2D eigenvalue weighted by molar-refractivity contribution is 0.0984. The molecule has 90 valence electrons. The van der Waals surface area contributed by atoms with Crippen molar-refractivity contribution in [3.05, 3.63) is 57.1 Å². The van der Waals surface area contributed by atoms with Gasteiger partial charge >= 0.3 is 0 Å². The Kier molecular flexibility index (Phi) is 2.87. The Labute approximate surface area is 119 Å². The van der Waals surface area contributed by atoms with E-state index >= 15 is 0 Å². The lowest BCUT2D eigenvalue weighted by Crippen LogP contribution is -1.96. The average molecular weight is 370 g/mol. The van der Waals surface area contributed by atoms with Crippen LogP contribution in [0.2, 0.25) is 0 Å². The number of hydrogen-bond donors (Lipinski definition) is 0. The number of carbonyl (C=O) groups is 1. The second kappa shape index (κ2) is 4.40. The molecule has 0 amide bonds. The Morgan fingerprint density at radius 1 is 1.00 bits per heavy atom. The number of benzene rings is 1. The van der Waals surface area contributed by atoms with Crippen LogP contribution < -0.4 is 0 Å². The van der Waals surface area contributed by atoms with Crippen LogP contribution in [-0.4, -0.2) is 5.78 Å². The molecular formula is C13H6Br2O3. The van der Waals surface area contributed by atoms with Gasteiger partial charge in [0.25, 0.3) is 5.78 Å². The number of para-hydroxylation sites is 1. The lowest BCUT2D eigenvalue weighted by atomic mass is 10.2. The monoisotopic (exact) mass is 368 g/mol. The molecule has 0 N–H and O–H groups in total. The topological polar surface area (TPSA) is 43.4 Å².